The Hall–Kier alpha value is 0.470. The van der Waals surface area contributed by atoms with Crippen molar-refractivity contribution < 1.29 is 4.48 Å². The van der Waals surface area contributed by atoms with Crippen molar-refractivity contribution in [3.63, 3.8) is 0 Å². The largest absolute Gasteiger partial charge is 0.322 e. The van der Waals surface area contributed by atoms with Crippen molar-refractivity contribution in [3.05, 3.63) is 9.51 Å². The smallest absolute Gasteiger partial charge is 0.112 e. The predicted octanol–water partition coefficient (Wildman–Crippen LogP) is 3.34. The second-order valence-electron chi connectivity index (χ2n) is 3.35. The second kappa shape index (κ2) is 5.25. The Balaban J connectivity index is 4.32. The summed E-state index contributed by atoms with van der Waals surface area (Å²) in [6.45, 7) is 9.58. The Morgan fingerprint density at radius 3 is 2.00 bits per heavy atom. The number of quaternary nitrogens is 1. The molecule has 0 saturated carbocycles. The number of nitrogens with zero attached hydrogens (tertiary/aromatic N) is 1. The van der Waals surface area contributed by atoms with Crippen LogP contribution in [0, 0.1) is 0 Å². The molecule has 0 aromatic rings. The molecule has 1 nitrogen and oxygen atoms in total. The van der Waals surface area contributed by atoms with Gasteiger partial charge in [-0.05, 0) is 36.7 Å². The quantitative estimate of drug-likeness (QED) is 0.676. The third-order valence-electron chi connectivity index (χ3n) is 2.42. The minimum atomic E-state index is 0.862. The molecule has 0 rings (SSSR count). The van der Waals surface area contributed by atoms with Crippen LogP contribution in [0.4, 0.5) is 0 Å². The summed E-state index contributed by atoms with van der Waals surface area (Å²) in [7, 11) is 2.24. The molecule has 0 bridgehead atoms. The van der Waals surface area contributed by atoms with Crippen molar-refractivity contribution in [2.75, 3.05) is 26.7 Å². The van der Waals surface area contributed by atoms with Crippen molar-refractivity contribution in [2.45, 2.75) is 20.8 Å². The van der Waals surface area contributed by atoms with Crippen LogP contribution in [0.3, 0.4) is 0 Å². The SMILES string of the molecule is CC[N+](C)(CC)C/C(Br)=C(/C)Cl. The summed E-state index contributed by atoms with van der Waals surface area (Å²) in [5, 5.41) is 0.862. The van der Waals surface area contributed by atoms with Crippen molar-refractivity contribution in [1.82, 2.24) is 0 Å². The van der Waals surface area contributed by atoms with Gasteiger partial charge in [-0.3, -0.25) is 0 Å². The molecule has 0 aromatic heterocycles. The van der Waals surface area contributed by atoms with Crippen LogP contribution in [-0.2, 0) is 0 Å². The van der Waals surface area contributed by atoms with Crippen molar-refractivity contribution in [2.24, 2.45) is 0 Å². The normalized spacial score (nSPS) is 14.5. The first-order valence-electron chi connectivity index (χ1n) is 4.29. The predicted molar refractivity (Wildman–Crippen MR) is 59.6 cm³/mol. The summed E-state index contributed by atoms with van der Waals surface area (Å²) in [5.74, 6) is 0. The molecule has 0 aliphatic carbocycles. The van der Waals surface area contributed by atoms with Crippen molar-refractivity contribution in [3.8, 4) is 0 Å². The zero-order chi connectivity index (χ0) is 9.78. The maximum absolute atomic E-state index is 5.87. The average molecular weight is 256 g/mol. The Kier molecular flexibility index (Phi) is 5.46. The average Bonchev–Trinajstić information content (AvgIpc) is 2.04. The Morgan fingerprint density at radius 1 is 1.33 bits per heavy atom. The second-order valence-corrected chi connectivity index (χ2v) is 4.87. The molecule has 0 unspecified atom stereocenters. The summed E-state index contributed by atoms with van der Waals surface area (Å²) in [5.41, 5.74) is 0. The minimum Gasteiger partial charge on any atom is -0.322 e. The lowest BCUT2D eigenvalue weighted by Gasteiger charge is -2.32. The summed E-state index contributed by atoms with van der Waals surface area (Å²) >= 11 is 9.36. The highest BCUT2D eigenvalue weighted by atomic mass is 79.9. The summed E-state index contributed by atoms with van der Waals surface area (Å²) in [4.78, 5) is 0. The van der Waals surface area contributed by atoms with E-state index in [2.05, 4.69) is 36.8 Å². The lowest BCUT2D eigenvalue weighted by atomic mass is 10.3. The van der Waals surface area contributed by atoms with E-state index < -0.39 is 0 Å². The summed E-state index contributed by atoms with van der Waals surface area (Å²) in [6, 6.07) is 0. The number of rotatable bonds is 4. The third kappa shape index (κ3) is 3.92. The fourth-order valence-electron chi connectivity index (χ4n) is 0.891. The van der Waals surface area contributed by atoms with Crippen LogP contribution in [0.15, 0.2) is 9.51 Å². The standard InChI is InChI=1S/C9H18BrClN/c1-5-12(4,6-2)7-9(10)8(3)11/h5-7H2,1-4H3/q+1/b9-8+. The third-order valence-corrected chi connectivity index (χ3v) is 3.72. The molecule has 0 fully saturated rings. The van der Waals surface area contributed by atoms with E-state index >= 15 is 0 Å². The zero-order valence-electron chi connectivity index (χ0n) is 8.32. The molecular weight excluding hydrogens is 237 g/mol. The zero-order valence-corrected chi connectivity index (χ0v) is 10.7. The van der Waals surface area contributed by atoms with Gasteiger partial charge < -0.3 is 4.48 Å². The molecule has 72 valence electrons. The highest BCUT2D eigenvalue weighted by Gasteiger charge is 2.18. The molecule has 0 spiro atoms. The van der Waals surface area contributed by atoms with Crippen LogP contribution < -0.4 is 0 Å². The van der Waals surface area contributed by atoms with Crippen LogP contribution in [0.2, 0.25) is 0 Å². The molecule has 0 saturated heterocycles. The Bertz CT molecular complexity index is 169. The van der Waals surface area contributed by atoms with E-state index in [1.165, 1.54) is 0 Å². The van der Waals surface area contributed by atoms with Crippen LogP contribution in [-0.4, -0.2) is 31.2 Å². The molecule has 12 heavy (non-hydrogen) atoms. The Morgan fingerprint density at radius 2 is 1.75 bits per heavy atom. The van der Waals surface area contributed by atoms with Gasteiger partial charge in [0, 0.05) is 5.03 Å². The Labute approximate surface area is 89.1 Å². The van der Waals surface area contributed by atoms with E-state index in [1.807, 2.05) is 6.92 Å². The lowest BCUT2D eigenvalue weighted by molar-refractivity contribution is -0.900. The lowest BCUT2D eigenvalue weighted by Crippen LogP contribution is -2.44. The van der Waals surface area contributed by atoms with Crippen molar-refractivity contribution in [1.29, 1.82) is 0 Å². The number of hydrogen-bond acceptors (Lipinski definition) is 0. The van der Waals surface area contributed by atoms with Crippen molar-refractivity contribution >= 4 is 27.5 Å². The van der Waals surface area contributed by atoms with E-state index in [-0.39, 0.29) is 0 Å². The van der Waals surface area contributed by atoms with Gasteiger partial charge in [0.2, 0.25) is 0 Å². The van der Waals surface area contributed by atoms with Crippen LogP contribution in [0.25, 0.3) is 0 Å². The summed E-state index contributed by atoms with van der Waals surface area (Å²) < 4.78 is 2.15. The first kappa shape index (κ1) is 12.5. The molecular formula is C9H18BrClN+. The van der Waals surface area contributed by atoms with E-state index in [4.69, 9.17) is 11.6 Å². The topological polar surface area (TPSA) is 0 Å². The van der Waals surface area contributed by atoms with Gasteiger partial charge in [0.25, 0.3) is 0 Å². The molecule has 0 atom stereocenters. The van der Waals surface area contributed by atoms with Gasteiger partial charge in [0.15, 0.2) is 0 Å². The maximum Gasteiger partial charge on any atom is 0.112 e. The first-order valence-corrected chi connectivity index (χ1v) is 5.46. The number of hydrogen-bond donors (Lipinski definition) is 0. The molecule has 3 heteroatoms. The maximum atomic E-state index is 5.87. The molecule has 0 amide bonds. The van der Waals surface area contributed by atoms with E-state index in [9.17, 15) is 0 Å². The fourth-order valence-corrected chi connectivity index (χ4v) is 1.56. The highest BCUT2D eigenvalue weighted by molar-refractivity contribution is 9.11. The van der Waals surface area contributed by atoms with Crippen LogP contribution >= 0.6 is 27.5 Å². The van der Waals surface area contributed by atoms with Gasteiger partial charge in [-0.25, -0.2) is 0 Å². The van der Waals surface area contributed by atoms with Gasteiger partial charge in [-0.2, -0.15) is 0 Å². The van der Waals surface area contributed by atoms with E-state index in [1.54, 1.807) is 0 Å². The number of likely N-dealkylation sites (N-methyl/N-ethyl adjacent to an activating group) is 1. The fraction of sp³-hybridized carbons (Fsp3) is 0.778. The first-order chi connectivity index (χ1) is 5.45. The van der Waals surface area contributed by atoms with E-state index in [0.29, 0.717) is 0 Å². The molecule has 0 radical (unpaired) electrons. The molecule has 0 aromatic carbocycles. The molecule has 0 N–H and O–H groups in total. The minimum absolute atomic E-state index is 0.862. The van der Waals surface area contributed by atoms with Gasteiger partial charge in [0.05, 0.1) is 24.6 Å². The van der Waals surface area contributed by atoms with Crippen LogP contribution in [0.1, 0.15) is 20.8 Å². The van der Waals surface area contributed by atoms with Gasteiger partial charge >= 0.3 is 0 Å². The van der Waals surface area contributed by atoms with Gasteiger partial charge in [-0.15, -0.1) is 0 Å². The van der Waals surface area contributed by atoms with Gasteiger partial charge in [-0.1, -0.05) is 11.6 Å². The van der Waals surface area contributed by atoms with Gasteiger partial charge in [0.1, 0.15) is 6.54 Å². The summed E-state index contributed by atoms with van der Waals surface area (Å²) in [6.07, 6.45) is 0. The van der Waals surface area contributed by atoms with Crippen LogP contribution in [0.5, 0.6) is 0 Å². The molecule has 0 aliphatic heterocycles. The monoisotopic (exact) mass is 254 g/mol. The molecule has 0 heterocycles. The molecule has 0 aliphatic rings. The number of allylic oxidation sites excluding steroid dienone is 1. The number of halogens is 2. The highest BCUT2D eigenvalue weighted by Crippen LogP contribution is 2.19. The van der Waals surface area contributed by atoms with E-state index in [0.717, 1.165) is 33.6 Å².